The summed E-state index contributed by atoms with van der Waals surface area (Å²) >= 11 is 0. The molecule has 1 atom stereocenters. The summed E-state index contributed by atoms with van der Waals surface area (Å²) in [6, 6.07) is 2.00. The molecule has 0 aliphatic heterocycles. The van der Waals surface area contributed by atoms with Gasteiger partial charge in [0.15, 0.2) is 5.82 Å². The zero-order chi connectivity index (χ0) is 11.8. The fourth-order valence-electron chi connectivity index (χ4n) is 2.33. The Balaban J connectivity index is 2.07. The minimum absolute atomic E-state index is 0.0956. The highest BCUT2D eigenvalue weighted by atomic mass is 16.3. The molecule has 1 unspecified atom stereocenters. The van der Waals surface area contributed by atoms with Crippen molar-refractivity contribution in [3.8, 4) is 11.4 Å². The molecule has 2 heterocycles. The molecule has 2 N–H and O–H groups in total. The van der Waals surface area contributed by atoms with Crippen LogP contribution < -0.4 is 5.73 Å². The zero-order valence-electron chi connectivity index (χ0n) is 9.81. The van der Waals surface area contributed by atoms with E-state index in [1.165, 1.54) is 0 Å². The van der Waals surface area contributed by atoms with Crippen LogP contribution in [0.1, 0.15) is 35.9 Å². The number of aromatic nitrogens is 2. The van der Waals surface area contributed by atoms with Crippen molar-refractivity contribution in [2.45, 2.75) is 32.2 Å². The maximum Gasteiger partial charge on any atom is 0.162 e. The summed E-state index contributed by atoms with van der Waals surface area (Å²) in [5, 5.41) is 0. The van der Waals surface area contributed by atoms with Crippen molar-refractivity contribution in [2.75, 3.05) is 0 Å². The molecular formula is C13H15N3O. The van der Waals surface area contributed by atoms with Crippen molar-refractivity contribution >= 4 is 0 Å². The number of hydrogen-bond acceptors (Lipinski definition) is 4. The average molecular weight is 229 g/mol. The van der Waals surface area contributed by atoms with Gasteiger partial charge in [0.05, 0.1) is 11.8 Å². The van der Waals surface area contributed by atoms with Gasteiger partial charge in [-0.05, 0) is 32.3 Å². The predicted molar refractivity (Wildman–Crippen MR) is 64.3 cm³/mol. The lowest BCUT2D eigenvalue weighted by atomic mass is 9.93. The van der Waals surface area contributed by atoms with Crippen LogP contribution in [0.2, 0.25) is 0 Å². The highest BCUT2D eigenvalue weighted by Gasteiger charge is 2.19. The van der Waals surface area contributed by atoms with Crippen LogP contribution >= 0.6 is 0 Å². The number of hydrogen-bond donors (Lipinski definition) is 1. The molecule has 88 valence electrons. The third-order valence-electron chi connectivity index (χ3n) is 3.33. The smallest absolute Gasteiger partial charge is 0.162 e. The molecule has 0 fully saturated rings. The molecule has 0 radical (unpaired) electrons. The minimum Gasteiger partial charge on any atom is -0.469 e. The fourth-order valence-corrected chi connectivity index (χ4v) is 2.33. The average Bonchev–Trinajstić information content (AvgIpc) is 2.75. The molecule has 4 heteroatoms. The maximum absolute atomic E-state index is 6.05. The van der Waals surface area contributed by atoms with Crippen LogP contribution in [0.25, 0.3) is 11.4 Å². The van der Waals surface area contributed by atoms with Gasteiger partial charge in [-0.2, -0.15) is 0 Å². The Bertz CT molecular complexity index is 547. The molecule has 4 nitrogen and oxygen atoms in total. The summed E-state index contributed by atoms with van der Waals surface area (Å²) < 4.78 is 5.28. The Morgan fingerprint density at radius 3 is 3.12 bits per heavy atom. The van der Waals surface area contributed by atoms with Crippen LogP contribution in [-0.4, -0.2) is 9.97 Å². The lowest BCUT2D eigenvalue weighted by molar-refractivity contribution is 0.534. The number of furan rings is 1. The summed E-state index contributed by atoms with van der Waals surface area (Å²) in [5.41, 5.74) is 9.20. The van der Waals surface area contributed by atoms with Crippen LogP contribution in [0.4, 0.5) is 0 Å². The molecule has 0 saturated heterocycles. The van der Waals surface area contributed by atoms with Gasteiger partial charge in [-0.25, -0.2) is 9.97 Å². The Morgan fingerprint density at radius 1 is 1.47 bits per heavy atom. The molecule has 17 heavy (non-hydrogen) atoms. The van der Waals surface area contributed by atoms with E-state index in [2.05, 4.69) is 9.97 Å². The van der Waals surface area contributed by atoms with Gasteiger partial charge in [0.25, 0.3) is 0 Å². The van der Waals surface area contributed by atoms with Crippen molar-refractivity contribution in [1.82, 2.24) is 9.97 Å². The van der Waals surface area contributed by atoms with Crippen molar-refractivity contribution in [2.24, 2.45) is 5.73 Å². The van der Waals surface area contributed by atoms with Gasteiger partial charge in [-0.3, -0.25) is 0 Å². The highest BCUT2D eigenvalue weighted by Crippen LogP contribution is 2.28. The molecule has 2 aromatic heterocycles. The van der Waals surface area contributed by atoms with E-state index in [4.69, 9.17) is 10.2 Å². The van der Waals surface area contributed by atoms with E-state index >= 15 is 0 Å². The summed E-state index contributed by atoms with van der Waals surface area (Å²) in [4.78, 5) is 9.01. The van der Waals surface area contributed by atoms with Crippen LogP contribution in [0.5, 0.6) is 0 Å². The molecule has 2 aromatic rings. The summed E-state index contributed by atoms with van der Waals surface area (Å²) in [7, 11) is 0. The summed E-state index contributed by atoms with van der Waals surface area (Å²) in [6.45, 7) is 1.92. The zero-order valence-corrected chi connectivity index (χ0v) is 9.81. The van der Waals surface area contributed by atoms with Crippen molar-refractivity contribution in [3.05, 3.63) is 35.5 Å². The van der Waals surface area contributed by atoms with Crippen molar-refractivity contribution in [3.63, 3.8) is 0 Å². The molecule has 0 bridgehead atoms. The molecule has 0 aromatic carbocycles. The molecule has 1 aliphatic rings. The Morgan fingerprint density at radius 2 is 2.35 bits per heavy atom. The lowest BCUT2D eigenvalue weighted by Crippen LogP contribution is -2.19. The van der Waals surface area contributed by atoms with Crippen LogP contribution in [-0.2, 0) is 6.42 Å². The number of nitrogens with two attached hydrogens (primary N) is 1. The van der Waals surface area contributed by atoms with Crippen LogP contribution in [0.3, 0.4) is 0 Å². The SMILES string of the molecule is Cc1occc1-c1ncc2c(n1)CCCC2N. The first kappa shape index (κ1) is 10.5. The van der Waals surface area contributed by atoms with E-state index in [0.717, 1.165) is 47.7 Å². The molecule has 0 saturated carbocycles. The third-order valence-corrected chi connectivity index (χ3v) is 3.33. The second-order valence-electron chi connectivity index (χ2n) is 4.48. The van der Waals surface area contributed by atoms with E-state index in [1.807, 2.05) is 19.2 Å². The number of nitrogens with zero attached hydrogens (tertiary/aromatic N) is 2. The Kier molecular flexibility index (Phi) is 2.44. The Labute approximate surface area is 99.9 Å². The molecule has 3 rings (SSSR count). The topological polar surface area (TPSA) is 64.9 Å². The summed E-state index contributed by atoms with van der Waals surface area (Å²) in [6.07, 6.45) is 6.66. The van der Waals surface area contributed by atoms with E-state index in [0.29, 0.717) is 0 Å². The largest absolute Gasteiger partial charge is 0.469 e. The van der Waals surface area contributed by atoms with Gasteiger partial charge in [0, 0.05) is 23.5 Å². The second kappa shape index (κ2) is 3.96. The molecular weight excluding hydrogens is 214 g/mol. The first-order valence-corrected chi connectivity index (χ1v) is 5.91. The van der Waals surface area contributed by atoms with E-state index < -0.39 is 0 Å². The third kappa shape index (κ3) is 1.74. The highest BCUT2D eigenvalue weighted by molar-refractivity contribution is 5.57. The normalized spacial score (nSPS) is 19.1. The van der Waals surface area contributed by atoms with Gasteiger partial charge in [-0.1, -0.05) is 0 Å². The van der Waals surface area contributed by atoms with Crippen molar-refractivity contribution < 1.29 is 4.42 Å². The molecule has 0 amide bonds. The minimum atomic E-state index is 0.0956. The second-order valence-corrected chi connectivity index (χ2v) is 4.48. The lowest BCUT2D eigenvalue weighted by Gasteiger charge is -2.20. The van der Waals surface area contributed by atoms with Gasteiger partial charge in [0.2, 0.25) is 0 Å². The van der Waals surface area contributed by atoms with Gasteiger partial charge in [-0.15, -0.1) is 0 Å². The fraction of sp³-hybridized carbons (Fsp3) is 0.385. The predicted octanol–water partition coefficient (Wildman–Crippen LogP) is 2.38. The summed E-state index contributed by atoms with van der Waals surface area (Å²) in [5.74, 6) is 1.59. The van der Waals surface area contributed by atoms with Gasteiger partial charge >= 0.3 is 0 Å². The van der Waals surface area contributed by atoms with E-state index in [1.54, 1.807) is 6.26 Å². The molecule has 1 aliphatic carbocycles. The number of rotatable bonds is 1. The van der Waals surface area contributed by atoms with E-state index in [-0.39, 0.29) is 6.04 Å². The van der Waals surface area contributed by atoms with Gasteiger partial charge < -0.3 is 10.2 Å². The van der Waals surface area contributed by atoms with Crippen LogP contribution in [0, 0.1) is 6.92 Å². The van der Waals surface area contributed by atoms with Crippen molar-refractivity contribution in [1.29, 1.82) is 0 Å². The first-order valence-electron chi connectivity index (χ1n) is 5.91. The monoisotopic (exact) mass is 229 g/mol. The maximum atomic E-state index is 6.05. The Hall–Kier alpha value is -1.68. The molecule has 0 spiro atoms. The number of aryl methyl sites for hydroxylation is 2. The first-order chi connectivity index (χ1) is 8.25. The van der Waals surface area contributed by atoms with Gasteiger partial charge in [0.1, 0.15) is 5.76 Å². The standard InChI is InChI=1S/C13H15N3O/c1-8-9(5-6-17-8)13-15-7-10-11(14)3-2-4-12(10)16-13/h5-7,11H,2-4,14H2,1H3. The van der Waals surface area contributed by atoms with E-state index in [9.17, 15) is 0 Å². The van der Waals surface area contributed by atoms with Crippen LogP contribution in [0.15, 0.2) is 22.9 Å². The number of fused-ring (bicyclic) bond motifs is 1. The quantitative estimate of drug-likeness (QED) is 0.815.